The Morgan fingerprint density at radius 2 is 1.76 bits per heavy atom. The van der Waals surface area contributed by atoms with Crippen molar-refractivity contribution in [3.63, 3.8) is 0 Å². The minimum absolute atomic E-state index is 0.159. The highest BCUT2D eigenvalue weighted by Gasteiger charge is 2.36. The highest BCUT2D eigenvalue weighted by Crippen LogP contribution is 2.33. The summed E-state index contributed by atoms with van der Waals surface area (Å²) < 4.78 is 0. The van der Waals surface area contributed by atoms with Gasteiger partial charge >= 0.3 is 0 Å². The molecule has 2 fully saturated rings. The van der Waals surface area contributed by atoms with Crippen molar-refractivity contribution in [3.05, 3.63) is 0 Å². The Bertz CT molecular complexity index is 331. The maximum atomic E-state index is 12.4. The van der Waals surface area contributed by atoms with Crippen molar-refractivity contribution in [2.24, 2.45) is 5.92 Å². The van der Waals surface area contributed by atoms with Crippen LogP contribution >= 0.6 is 0 Å². The lowest BCUT2D eigenvalue weighted by Gasteiger charge is -2.43. The number of aliphatic hydroxyl groups is 1. The summed E-state index contributed by atoms with van der Waals surface area (Å²) in [6.07, 6.45) is 7.87. The molecule has 4 nitrogen and oxygen atoms in total. The molecule has 1 saturated carbocycles. The van der Waals surface area contributed by atoms with Gasteiger partial charge in [0.25, 0.3) is 0 Å². The predicted molar refractivity (Wildman–Crippen MR) is 85.1 cm³/mol. The van der Waals surface area contributed by atoms with E-state index in [4.69, 9.17) is 0 Å². The van der Waals surface area contributed by atoms with Gasteiger partial charge in [0.2, 0.25) is 5.91 Å². The number of likely N-dealkylation sites (N-methyl/N-ethyl adjacent to an activating group) is 1. The summed E-state index contributed by atoms with van der Waals surface area (Å²) >= 11 is 0. The fourth-order valence-corrected chi connectivity index (χ4v) is 4.14. The van der Waals surface area contributed by atoms with Crippen LogP contribution in [0.3, 0.4) is 0 Å². The second kappa shape index (κ2) is 8.14. The van der Waals surface area contributed by atoms with Gasteiger partial charge < -0.3 is 10.0 Å². The van der Waals surface area contributed by atoms with Crippen LogP contribution < -0.4 is 0 Å². The summed E-state index contributed by atoms with van der Waals surface area (Å²) in [5.74, 6) is 0.626. The Hall–Kier alpha value is -0.610. The molecule has 3 atom stereocenters. The number of likely N-dealkylation sites (tertiary alicyclic amines) is 1. The standard InChI is InChI=1S/C17H32N2O2/c1-3-18(4-2)17(21)13-19-12-8-7-10-15(19)14-9-5-6-11-16(14)20/h14-16,20H,3-13H2,1-2H3. The second-order valence-electron chi connectivity index (χ2n) is 6.62. The molecule has 1 amide bonds. The van der Waals surface area contributed by atoms with Gasteiger partial charge in [0, 0.05) is 25.0 Å². The third kappa shape index (κ3) is 4.19. The molecular formula is C17H32N2O2. The van der Waals surface area contributed by atoms with Gasteiger partial charge in [-0.05, 0) is 46.1 Å². The largest absolute Gasteiger partial charge is 0.393 e. The monoisotopic (exact) mass is 296 g/mol. The van der Waals surface area contributed by atoms with Gasteiger partial charge in [0.05, 0.1) is 12.6 Å². The van der Waals surface area contributed by atoms with Crippen molar-refractivity contribution in [3.8, 4) is 0 Å². The minimum Gasteiger partial charge on any atom is -0.393 e. The van der Waals surface area contributed by atoms with E-state index in [9.17, 15) is 9.90 Å². The zero-order chi connectivity index (χ0) is 15.2. The molecule has 1 N–H and O–H groups in total. The maximum absolute atomic E-state index is 12.4. The van der Waals surface area contributed by atoms with E-state index in [-0.39, 0.29) is 12.0 Å². The van der Waals surface area contributed by atoms with E-state index < -0.39 is 0 Å². The Kier molecular flexibility index (Phi) is 6.49. The van der Waals surface area contributed by atoms with Gasteiger partial charge in [-0.2, -0.15) is 0 Å². The molecule has 2 aliphatic rings. The van der Waals surface area contributed by atoms with Crippen LogP contribution in [0.2, 0.25) is 0 Å². The van der Waals surface area contributed by atoms with Gasteiger partial charge in [-0.15, -0.1) is 0 Å². The van der Waals surface area contributed by atoms with Crippen molar-refractivity contribution in [2.75, 3.05) is 26.2 Å². The molecule has 0 spiro atoms. The van der Waals surface area contributed by atoms with Crippen molar-refractivity contribution >= 4 is 5.91 Å². The normalized spacial score (nSPS) is 31.1. The van der Waals surface area contributed by atoms with E-state index in [2.05, 4.69) is 4.90 Å². The average Bonchev–Trinajstić information content (AvgIpc) is 2.50. The van der Waals surface area contributed by atoms with E-state index in [0.29, 0.717) is 18.5 Å². The first kappa shape index (κ1) is 16.8. The van der Waals surface area contributed by atoms with Crippen LogP contribution in [0.5, 0.6) is 0 Å². The number of nitrogens with zero attached hydrogens (tertiary/aromatic N) is 2. The molecule has 2 rings (SSSR count). The van der Waals surface area contributed by atoms with Crippen molar-refractivity contribution < 1.29 is 9.90 Å². The van der Waals surface area contributed by atoms with Gasteiger partial charge in [-0.1, -0.05) is 19.3 Å². The van der Waals surface area contributed by atoms with Gasteiger partial charge in [-0.25, -0.2) is 0 Å². The molecule has 0 aromatic carbocycles. The summed E-state index contributed by atoms with van der Waals surface area (Å²) in [5.41, 5.74) is 0. The number of piperidine rings is 1. The lowest BCUT2D eigenvalue weighted by Crippen LogP contribution is -2.52. The Morgan fingerprint density at radius 1 is 1.10 bits per heavy atom. The zero-order valence-electron chi connectivity index (χ0n) is 13.8. The predicted octanol–water partition coefficient (Wildman–Crippen LogP) is 2.26. The summed E-state index contributed by atoms with van der Waals surface area (Å²) in [7, 11) is 0. The number of hydrogen-bond acceptors (Lipinski definition) is 3. The van der Waals surface area contributed by atoms with Gasteiger partial charge in [0.1, 0.15) is 0 Å². The van der Waals surface area contributed by atoms with Crippen molar-refractivity contribution in [1.82, 2.24) is 9.80 Å². The first-order valence-corrected chi connectivity index (χ1v) is 8.87. The summed E-state index contributed by atoms with van der Waals surface area (Å²) in [5, 5.41) is 10.4. The van der Waals surface area contributed by atoms with Crippen LogP contribution in [0.1, 0.15) is 58.8 Å². The number of carbonyl (C=O) groups excluding carboxylic acids is 1. The quantitative estimate of drug-likeness (QED) is 0.846. The topological polar surface area (TPSA) is 43.8 Å². The number of aliphatic hydroxyl groups excluding tert-OH is 1. The lowest BCUT2D eigenvalue weighted by atomic mass is 9.78. The zero-order valence-corrected chi connectivity index (χ0v) is 13.8. The molecule has 1 aliphatic carbocycles. The molecule has 1 saturated heterocycles. The Labute approximate surface area is 129 Å². The molecule has 0 bridgehead atoms. The first-order chi connectivity index (χ1) is 10.2. The SMILES string of the molecule is CCN(CC)C(=O)CN1CCCCC1C1CCCCC1O. The summed E-state index contributed by atoms with van der Waals surface area (Å²) in [4.78, 5) is 16.7. The Morgan fingerprint density at radius 3 is 2.43 bits per heavy atom. The number of carbonyl (C=O) groups is 1. The van der Waals surface area contributed by atoms with E-state index >= 15 is 0 Å². The number of amides is 1. The summed E-state index contributed by atoms with van der Waals surface area (Å²) in [6, 6.07) is 0.411. The molecule has 1 aliphatic heterocycles. The van der Waals surface area contributed by atoms with Crippen LogP contribution in [-0.2, 0) is 4.79 Å². The molecule has 21 heavy (non-hydrogen) atoms. The molecule has 122 valence electrons. The third-order valence-electron chi connectivity index (χ3n) is 5.39. The fraction of sp³-hybridized carbons (Fsp3) is 0.941. The van der Waals surface area contributed by atoms with E-state index in [1.807, 2.05) is 18.7 Å². The molecule has 3 unspecified atom stereocenters. The van der Waals surface area contributed by atoms with Crippen LogP contribution in [0.25, 0.3) is 0 Å². The molecule has 0 aromatic heterocycles. The molecule has 0 aromatic rings. The van der Waals surface area contributed by atoms with E-state index in [1.165, 1.54) is 19.3 Å². The van der Waals surface area contributed by atoms with E-state index in [1.54, 1.807) is 0 Å². The molecule has 1 heterocycles. The van der Waals surface area contributed by atoms with Gasteiger partial charge in [0.15, 0.2) is 0 Å². The Balaban J connectivity index is 1.99. The van der Waals surface area contributed by atoms with Gasteiger partial charge in [-0.3, -0.25) is 9.69 Å². The second-order valence-corrected chi connectivity index (χ2v) is 6.62. The lowest BCUT2D eigenvalue weighted by molar-refractivity contribution is -0.134. The molecule has 4 heteroatoms. The highest BCUT2D eigenvalue weighted by atomic mass is 16.3. The third-order valence-corrected chi connectivity index (χ3v) is 5.39. The first-order valence-electron chi connectivity index (χ1n) is 8.87. The van der Waals surface area contributed by atoms with Crippen LogP contribution in [0.15, 0.2) is 0 Å². The fourth-order valence-electron chi connectivity index (χ4n) is 4.14. The van der Waals surface area contributed by atoms with E-state index in [0.717, 1.165) is 45.3 Å². The summed E-state index contributed by atoms with van der Waals surface area (Å²) in [6.45, 7) is 7.22. The van der Waals surface area contributed by atoms with Crippen molar-refractivity contribution in [2.45, 2.75) is 70.9 Å². The van der Waals surface area contributed by atoms with Crippen molar-refractivity contribution in [1.29, 1.82) is 0 Å². The average molecular weight is 296 g/mol. The van der Waals surface area contributed by atoms with Crippen LogP contribution in [0.4, 0.5) is 0 Å². The smallest absolute Gasteiger partial charge is 0.236 e. The minimum atomic E-state index is -0.159. The number of hydrogen-bond donors (Lipinski definition) is 1. The molecule has 0 radical (unpaired) electrons. The maximum Gasteiger partial charge on any atom is 0.236 e. The van der Waals surface area contributed by atoms with Crippen LogP contribution in [0, 0.1) is 5.92 Å². The number of rotatable bonds is 5. The highest BCUT2D eigenvalue weighted by molar-refractivity contribution is 5.78. The molecular weight excluding hydrogens is 264 g/mol. The van der Waals surface area contributed by atoms with Crippen LogP contribution in [-0.4, -0.2) is 59.1 Å².